The minimum absolute atomic E-state index is 0.0554. The van der Waals surface area contributed by atoms with Gasteiger partial charge in [-0.25, -0.2) is 14.3 Å². The second-order valence-corrected chi connectivity index (χ2v) is 5.16. The van der Waals surface area contributed by atoms with Crippen LogP contribution in [0.4, 0.5) is 4.79 Å². The Bertz CT molecular complexity index is 502. The van der Waals surface area contributed by atoms with Crippen molar-refractivity contribution in [3.05, 3.63) is 11.9 Å². The van der Waals surface area contributed by atoms with Crippen LogP contribution >= 0.6 is 0 Å². The van der Waals surface area contributed by atoms with Gasteiger partial charge in [-0.05, 0) is 25.7 Å². The molecule has 0 spiro atoms. The molecule has 2 N–H and O–H groups in total. The number of carbonyl (C=O) groups excluding carboxylic acids is 1. The first-order chi connectivity index (χ1) is 10.1. The van der Waals surface area contributed by atoms with Crippen LogP contribution in [0.2, 0.25) is 0 Å². The van der Waals surface area contributed by atoms with Gasteiger partial charge in [-0.1, -0.05) is 12.1 Å². The van der Waals surface area contributed by atoms with E-state index in [2.05, 4.69) is 22.6 Å². The summed E-state index contributed by atoms with van der Waals surface area (Å²) in [4.78, 5) is 24.7. The van der Waals surface area contributed by atoms with Gasteiger partial charge in [-0.3, -0.25) is 0 Å². The lowest BCUT2D eigenvalue weighted by Crippen LogP contribution is -2.49. The highest BCUT2D eigenvalue weighted by Crippen LogP contribution is 2.19. The molecule has 116 valence electrons. The quantitative estimate of drug-likeness (QED) is 0.842. The number of aromatic carboxylic acids is 1. The smallest absolute Gasteiger partial charge is 0.358 e. The maximum Gasteiger partial charge on any atom is 0.358 e. The molecule has 1 saturated heterocycles. The third-order valence-corrected chi connectivity index (χ3v) is 3.73. The number of carbonyl (C=O) groups is 2. The molecule has 2 amide bonds. The zero-order valence-electron chi connectivity index (χ0n) is 12.2. The normalized spacial score (nSPS) is 18.5. The van der Waals surface area contributed by atoms with Gasteiger partial charge in [0.2, 0.25) is 0 Å². The highest BCUT2D eigenvalue weighted by molar-refractivity contribution is 5.84. The number of carboxylic acids is 1. The van der Waals surface area contributed by atoms with Gasteiger partial charge in [0, 0.05) is 19.1 Å². The molecule has 2 rings (SSSR count). The van der Waals surface area contributed by atoms with E-state index in [-0.39, 0.29) is 11.7 Å². The Kier molecular flexibility index (Phi) is 5.13. The van der Waals surface area contributed by atoms with Gasteiger partial charge in [0.15, 0.2) is 5.69 Å². The van der Waals surface area contributed by atoms with E-state index in [9.17, 15) is 9.59 Å². The predicted octanol–water partition coefficient (Wildman–Crippen LogP) is 0.950. The molecule has 1 fully saturated rings. The Morgan fingerprint density at radius 1 is 1.48 bits per heavy atom. The minimum atomic E-state index is -1.11. The molecule has 1 unspecified atom stereocenters. The van der Waals surface area contributed by atoms with Crippen molar-refractivity contribution >= 4 is 12.0 Å². The lowest BCUT2D eigenvalue weighted by molar-refractivity contribution is 0.0690. The van der Waals surface area contributed by atoms with E-state index < -0.39 is 5.97 Å². The molecule has 1 aromatic rings. The lowest BCUT2D eigenvalue weighted by Gasteiger charge is -2.35. The van der Waals surface area contributed by atoms with Gasteiger partial charge >= 0.3 is 12.0 Å². The average molecular weight is 295 g/mol. The molecule has 8 heteroatoms. The molecule has 0 saturated carbocycles. The van der Waals surface area contributed by atoms with Crippen LogP contribution in [0.5, 0.6) is 0 Å². The van der Waals surface area contributed by atoms with E-state index in [4.69, 9.17) is 5.11 Å². The molecule has 0 aliphatic carbocycles. The van der Waals surface area contributed by atoms with Crippen LogP contribution < -0.4 is 5.32 Å². The van der Waals surface area contributed by atoms with Crippen molar-refractivity contribution in [1.29, 1.82) is 0 Å². The molecule has 1 aromatic heterocycles. The first-order valence-corrected chi connectivity index (χ1v) is 7.29. The number of urea groups is 1. The highest BCUT2D eigenvalue weighted by atomic mass is 16.4. The van der Waals surface area contributed by atoms with E-state index in [0.717, 1.165) is 25.8 Å². The van der Waals surface area contributed by atoms with E-state index in [1.807, 2.05) is 4.90 Å². The van der Waals surface area contributed by atoms with Gasteiger partial charge in [-0.15, -0.1) is 5.10 Å². The maximum absolute atomic E-state index is 12.1. The topological polar surface area (TPSA) is 100 Å². The van der Waals surface area contributed by atoms with E-state index in [0.29, 0.717) is 19.1 Å². The molecule has 0 aromatic carbocycles. The van der Waals surface area contributed by atoms with Gasteiger partial charge in [-0.2, -0.15) is 0 Å². The largest absolute Gasteiger partial charge is 0.476 e. The van der Waals surface area contributed by atoms with Crippen LogP contribution in [-0.4, -0.2) is 56.1 Å². The molecule has 2 heterocycles. The average Bonchev–Trinajstić information content (AvgIpc) is 2.96. The van der Waals surface area contributed by atoms with Gasteiger partial charge in [0.1, 0.15) is 0 Å². The van der Waals surface area contributed by atoms with Gasteiger partial charge in [0.05, 0.1) is 12.7 Å². The fraction of sp³-hybridized carbons (Fsp3) is 0.692. The van der Waals surface area contributed by atoms with E-state index in [1.54, 1.807) is 0 Å². The predicted molar refractivity (Wildman–Crippen MR) is 75.0 cm³/mol. The molecule has 8 nitrogen and oxygen atoms in total. The van der Waals surface area contributed by atoms with Crippen LogP contribution in [0, 0.1) is 0 Å². The third-order valence-electron chi connectivity index (χ3n) is 3.73. The Morgan fingerprint density at radius 2 is 2.29 bits per heavy atom. The van der Waals surface area contributed by atoms with Crippen molar-refractivity contribution in [2.75, 3.05) is 13.1 Å². The number of rotatable bonds is 5. The van der Waals surface area contributed by atoms with E-state index >= 15 is 0 Å². The Morgan fingerprint density at radius 3 is 2.95 bits per heavy atom. The number of aromatic nitrogens is 3. The number of carboxylic acid groups (broad SMARTS) is 1. The summed E-state index contributed by atoms with van der Waals surface area (Å²) in [5.74, 6) is -1.11. The highest BCUT2D eigenvalue weighted by Gasteiger charge is 2.24. The van der Waals surface area contributed by atoms with E-state index in [1.165, 1.54) is 17.3 Å². The molecule has 0 bridgehead atoms. The standard InChI is InChI=1S/C13H21N5O3/c1-2-10-5-3-4-7-18(10)13(21)14-6-8-17-9-11(12(19)20)15-16-17/h9-10H,2-8H2,1H3,(H,14,21)(H,19,20). The number of nitrogens with one attached hydrogen (secondary N) is 1. The summed E-state index contributed by atoms with van der Waals surface area (Å²) >= 11 is 0. The first-order valence-electron chi connectivity index (χ1n) is 7.29. The van der Waals surface area contributed by atoms with Crippen molar-refractivity contribution in [3.63, 3.8) is 0 Å². The summed E-state index contributed by atoms with van der Waals surface area (Å²) in [6.07, 6.45) is 5.62. The Balaban J connectivity index is 1.79. The Labute approximate surface area is 123 Å². The fourth-order valence-electron chi connectivity index (χ4n) is 2.58. The van der Waals surface area contributed by atoms with Crippen molar-refractivity contribution in [2.45, 2.75) is 45.2 Å². The number of hydrogen-bond donors (Lipinski definition) is 2. The molecular weight excluding hydrogens is 274 g/mol. The van der Waals surface area contributed by atoms with Crippen LogP contribution in [0.3, 0.4) is 0 Å². The number of nitrogens with zero attached hydrogens (tertiary/aromatic N) is 4. The summed E-state index contributed by atoms with van der Waals surface area (Å²) in [7, 11) is 0. The second kappa shape index (κ2) is 7.05. The van der Waals surface area contributed by atoms with Crippen LogP contribution in [0.1, 0.15) is 43.1 Å². The van der Waals surface area contributed by atoms with Gasteiger partial charge < -0.3 is 15.3 Å². The third kappa shape index (κ3) is 3.93. The number of likely N-dealkylation sites (tertiary alicyclic amines) is 1. The first kappa shape index (κ1) is 15.3. The molecular formula is C13H21N5O3. The van der Waals surface area contributed by atoms with Crippen LogP contribution in [0.15, 0.2) is 6.20 Å². The maximum atomic E-state index is 12.1. The van der Waals surface area contributed by atoms with Crippen molar-refractivity contribution in [2.24, 2.45) is 0 Å². The zero-order chi connectivity index (χ0) is 15.2. The van der Waals surface area contributed by atoms with Crippen molar-refractivity contribution in [3.8, 4) is 0 Å². The van der Waals surface area contributed by atoms with Crippen molar-refractivity contribution < 1.29 is 14.7 Å². The summed E-state index contributed by atoms with van der Waals surface area (Å²) in [5.41, 5.74) is -0.0941. The van der Waals surface area contributed by atoms with Crippen LogP contribution in [-0.2, 0) is 6.54 Å². The molecule has 1 aliphatic heterocycles. The molecule has 1 aliphatic rings. The summed E-state index contributed by atoms with van der Waals surface area (Å²) < 4.78 is 1.41. The number of piperidine rings is 1. The number of hydrogen-bond acceptors (Lipinski definition) is 4. The minimum Gasteiger partial charge on any atom is -0.476 e. The molecule has 1 atom stereocenters. The summed E-state index contributed by atoms with van der Waals surface area (Å²) in [6.45, 7) is 3.70. The molecule has 21 heavy (non-hydrogen) atoms. The van der Waals surface area contributed by atoms with Gasteiger partial charge in [0.25, 0.3) is 0 Å². The van der Waals surface area contributed by atoms with Crippen molar-refractivity contribution in [1.82, 2.24) is 25.2 Å². The zero-order valence-corrected chi connectivity index (χ0v) is 12.2. The number of amides is 2. The van der Waals surface area contributed by atoms with Crippen LogP contribution in [0.25, 0.3) is 0 Å². The lowest BCUT2D eigenvalue weighted by atomic mass is 10.0. The summed E-state index contributed by atoms with van der Waals surface area (Å²) in [6, 6.07) is 0.267. The SMILES string of the molecule is CCC1CCCCN1C(=O)NCCn1cc(C(=O)O)nn1. The molecule has 0 radical (unpaired) electrons. The monoisotopic (exact) mass is 295 g/mol. The Hall–Kier alpha value is -2.12. The summed E-state index contributed by atoms with van der Waals surface area (Å²) in [5, 5.41) is 18.8. The fourth-order valence-corrected chi connectivity index (χ4v) is 2.58. The second-order valence-electron chi connectivity index (χ2n) is 5.16.